The molecule has 1 aromatic carbocycles. The number of carbonyl (C=O) groups excluding carboxylic acids is 1. The van der Waals surface area contributed by atoms with Crippen LogP contribution in [0.15, 0.2) is 18.2 Å². The molecule has 0 unspecified atom stereocenters. The predicted molar refractivity (Wildman–Crippen MR) is 66.8 cm³/mol. The lowest BCUT2D eigenvalue weighted by Gasteiger charge is -2.15. The molecule has 0 saturated heterocycles. The lowest BCUT2D eigenvalue weighted by Crippen LogP contribution is -2.26. The molecule has 0 aliphatic carbocycles. The second kappa shape index (κ2) is 4.98. The quantitative estimate of drug-likeness (QED) is 0.766. The fraction of sp³-hybridized carbons (Fsp3) is 0.300. The van der Waals surface area contributed by atoms with Crippen molar-refractivity contribution in [2.45, 2.75) is 6.92 Å². The van der Waals surface area contributed by atoms with Gasteiger partial charge in [-0.3, -0.25) is 4.79 Å². The molecule has 4 heteroatoms. The molecule has 14 heavy (non-hydrogen) atoms. The Morgan fingerprint density at radius 2 is 2.21 bits per heavy atom. The van der Waals surface area contributed by atoms with Gasteiger partial charge in [0.15, 0.2) is 0 Å². The van der Waals surface area contributed by atoms with Crippen LogP contribution in [-0.2, 0) is 0 Å². The summed E-state index contributed by atoms with van der Waals surface area (Å²) in [5.41, 5.74) is 0.669. The predicted octanol–water partition coefficient (Wildman–Crippen LogP) is 3.04. The van der Waals surface area contributed by atoms with E-state index in [-0.39, 0.29) is 5.91 Å². The minimum atomic E-state index is 0.0133. The van der Waals surface area contributed by atoms with E-state index in [1.54, 1.807) is 24.1 Å². The molecule has 0 atom stereocenters. The molecule has 0 fully saturated rings. The van der Waals surface area contributed by atoms with E-state index in [4.69, 9.17) is 11.6 Å². The number of benzene rings is 1. The van der Waals surface area contributed by atoms with E-state index in [0.29, 0.717) is 17.1 Å². The highest BCUT2D eigenvalue weighted by Crippen LogP contribution is 2.19. The summed E-state index contributed by atoms with van der Waals surface area (Å²) in [6.07, 6.45) is 0. The van der Waals surface area contributed by atoms with E-state index < -0.39 is 0 Å². The molecule has 0 aliphatic rings. The van der Waals surface area contributed by atoms with Crippen LogP contribution in [0.2, 0.25) is 5.02 Å². The lowest BCUT2D eigenvalue weighted by molar-refractivity contribution is 0.0801. The van der Waals surface area contributed by atoms with Gasteiger partial charge in [-0.05, 0) is 47.7 Å². The number of rotatable bonds is 2. The molecule has 2 nitrogen and oxygen atoms in total. The Labute approximate surface area is 102 Å². The number of hydrogen-bond donors (Lipinski definition) is 0. The monoisotopic (exact) mass is 323 g/mol. The average molecular weight is 324 g/mol. The van der Waals surface area contributed by atoms with Crippen molar-refractivity contribution in [2.75, 3.05) is 13.6 Å². The molecule has 0 saturated carbocycles. The molecule has 0 N–H and O–H groups in total. The normalized spacial score (nSPS) is 10.0. The maximum atomic E-state index is 11.8. The number of nitrogens with zero attached hydrogens (tertiary/aromatic N) is 1. The SMILES string of the molecule is CCN(C)C(=O)c1cc(Cl)ccc1I. The second-order valence-electron chi connectivity index (χ2n) is 2.94. The van der Waals surface area contributed by atoms with Gasteiger partial charge in [0, 0.05) is 22.2 Å². The highest BCUT2D eigenvalue weighted by atomic mass is 127. The van der Waals surface area contributed by atoms with Crippen molar-refractivity contribution in [3.63, 3.8) is 0 Å². The third-order valence-electron chi connectivity index (χ3n) is 1.98. The number of halogens is 2. The van der Waals surface area contributed by atoms with Gasteiger partial charge >= 0.3 is 0 Å². The van der Waals surface area contributed by atoms with Crippen LogP contribution in [0, 0.1) is 3.57 Å². The van der Waals surface area contributed by atoms with Crippen molar-refractivity contribution in [2.24, 2.45) is 0 Å². The molecule has 1 amide bonds. The third-order valence-corrected chi connectivity index (χ3v) is 3.16. The van der Waals surface area contributed by atoms with Crippen molar-refractivity contribution >= 4 is 40.1 Å². The van der Waals surface area contributed by atoms with Gasteiger partial charge in [-0.15, -0.1) is 0 Å². The van der Waals surface area contributed by atoms with Gasteiger partial charge in [-0.2, -0.15) is 0 Å². The molecular formula is C10H11ClINO. The highest BCUT2D eigenvalue weighted by molar-refractivity contribution is 14.1. The van der Waals surface area contributed by atoms with Gasteiger partial charge < -0.3 is 4.90 Å². The van der Waals surface area contributed by atoms with E-state index in [9.17, 15) is 4.79 Å². The summed E-state index contributed by atoms with van der Waals surface area (Å²) in [6, 6.07) is 5.34. The van der Waals surface area contributed by atoms with Gasteiger partial charge in [-0.1, -0.05) is 11.6 Å². The fourth-order valence-electron chi connectivity index (χ4n) is 1.01. The van der Waals surface area contributed by atoms with Crippen molar-refractivity contribution in [1.82, 2.24) is 4.90 Å². The number of amides is 1. The first-order chi connectivity index (χ1) is 6.56. The zero-order valence-electron chi connectivity index (χ0n) is 8.05. The molecule has 0 aromatic heterocycles. The Kier molecular flexibility index (Phi) is 4.19. The molecule has 0 bridgehead atoms. The summed E-state index contributed by atoms with van der Waals surface area (Å²) in [5.74, 6) is 0.0133. The van der Waals surface area contributed by atoms with E-state index in [0.717, 1.165) is 3.57 Å². The van der Waals surface area contributed by atoms with Crippen LogP contribution in [0.3, 0.4) is 0 Å². The summed E-state index contributed by atoms with van der Waals surface area (Å²) in [5, 5.41) is 0.596. The van der Waals surface area contributed by atoms with Gasteiger partial charge in [0.1, 0.15) is 0 Å². The van der Waals surface area contributed by atoms with E-state index in [1.165, 1.54) is 0 Å². The summed E-state index contributed by atoms with van der Waals surface area (Å²) in [4.78, 5) is 13.5. The van der Waals surface area contributed by atoms with E-state index in [2.05, 4.69) is 22.6 Å². The van der Waals surface area contributed by atoms with Crippen LogP contribution in [-0.4, -0.2) is 24.4 Å². The summed E-state index contributed by atoms with van der Waals surface area (Å²) in [7, 11) is 1.78. The van der Waals surface area contributed by atoms with Crippen molar-refractivity contribution in [3.05, 3.63) is 32.4 Å². The molecule has 1 rings (SSSR count). The Morgan fingerprint density at radius 1 is 1.57 bits per heavy atom. The molecule has 76 valence electrons. The summed E-state index contributed by atoms with van der Waals surface area (Å²) >= 11 is 7.97. The molecule has 1 aromatic rings. The van der Waals surface area contributed by atoms with Crippen molar-refractivity contribution < 1.29 is 4.79 Å². The van der Waals surface area contributed by atoms with Crippen LogP contribution in [0.25, 0.3) is 0 Å². The maximum absolute atomic E-state index is 11.8. The standard InChI is InChI=1S/C10H11ClINO/c1-3-13(2)10(14)8-6-7(11)4-5-9(8)12/h4-6H,3H2,1-2H3. The van der Waals surface area contributed by atoms with Crippen LogP contribution in [0.4, 0.5) is 0 Å². The molecular weight excluding hydrogens is 312 g/mol. The molecule has 0 radical (unpaired) electrons. The zero-order valence-corrected chi connectivity index (χ0v) is 11.0. The maximum Gasteiger partial charge on any atom is 0.254 e. The Morgan fingerprint density at radius 3 is 2.79 bits per heavy atom. The zero-order chi connectivity index (χ0) is 10.7. The van der Waals surface area contributed by atoms with Gasteiger partial charge in [0.25, 0.3) is 5.91 Å². The largest absolute Gasteiger partial charge is 0.342 e. The van der Waals surface area contributed by atoms with Crippen LogP contribution in [0.1, 0.15) is 17.3 Å². The van der Waals surface area contributed by atoms with Crippen LogP contribution >= 0.6 is 34.2 Å². The van der Waals surface area contributed by atoms with Gasteiger partial charge in [0.2, 0.25) is 0 Å². The van der Waals surface area contributed by atoms with Gasteiger partial charge in [-0.25, -0.2) is 0 Å². The Bertz CT molecular complexity index is 354. The first-order valence-electron chi connectivity index (χ1n) is 4.26. The number of hydrogen-bond acceptors (Lipinski definition) is 1. The molecule has 0 heterocycles. The lowest BCUT2D eigenvalue weighted by atomic mass is 10.2. The summed E-state index contributed by atoms with van der Waals surface area (Å²) in [6.45, 7) is 2.64. The minimum absolute atomic E-state index is 0.0133. The van der Waals surface area contributed by atoms with Gasteiger partial charge in [0.05, 0.1) is 5.56 Å². The van der Waals surface area contributed by atoms with Crippen LogP contribution in [0.5, 0.6) is 0 Å². The smallest absolute Gasteiger partial charge is 0.254 e. The Balaban J connectivity index is 3.06. The Hall–Kier alpha value is -0.290. The first-order valence-corrected chi connectivity index (χ1v) is 5.72. The fourth-order valence-corrected chi connectivity index (χ4v) is 1.75. The molecule has 0 spiro atoms. The van der Waals surface area contributed by atoms with Crippen molar-refractivity contribution in [1.29, 1.82) is 0 Å². The minimum Gasteiger partial charge on any atom is -0.342 e. The van der Waals surface area contributed by atoms with Crippen LogP contribution < -0.4 is 0 Å². The van der Waals surface area contributed by atoms with E-state index in [1.807, 2.05) is 13.0 Å². The summed E-state index contributed by atoms with van der Waals surface area (Å²) < 4.78 is 0.928. The third kappa shape index (κ3) is 2.60. The average Bonchev–Trinajstić information content (AvgIpc) is 2.19. The molecule has 0 aliphatic heterocycles. The first kappa shape index (κ1) is 11.8. The van der Waals surface area contributed by atoms with Crippen molar-refractivity contribution in [3.8, 4) is 0 Å². The number of carbonyl (C=O) groups is 1. The van der Waals surface area contributed by atoms with E-state index >= 15 is 0 Å². The highest BCUT2D eigenvalue weighted by Gasteiger charge is 2.13. The second-order valence-corrected chi connectivity index (χ2v) is 4.54. The topological polar surface area (TPSA) is 20.3 Å².